The Morgan fingerprint density at radius 2 is 0.882 bits per heavy atom. The quantitative estimate of drug-likeness (QED) is 0.122. The van der Waals surface area contributed by atoms with Gasteiger partial charge in [-0.15, -0.1) is 0 Å². The Labute approximate surface area is 395 Å². The first-order valence-electron chi connectivity index (χ1n) is 23.0. The van der Waals surface area contributed by atoms with Crippen molar-refractivity contribution < 1.29 is 14.0 Å². The second-order valence-electron chi connectivity index (χ2n) is 17.6. The minimum Gasteiger partial charge on any atom is -0.456 e. The summed E-state index contributed by atoms with van der Waals surface area (Å²) < 4.78 is 28.8. The molecule has 4 aliphatic rings. The lowest BCUT2D eigenvalue weighted by Crippen LogP contribution is -2.61. The minimum atomic E-state index is -3.39. The zero-order valence-corrected chi connectivity index (χ0v) is 37.5. The van der Waals surface area contributed by atoms with Gasteiger partial charge in [0.05, 0.1) is 16.3 Å². The van der Waals surface area contributed by atoms with Gasteiger partial charge in [0, 0.05) is 45.5 Å². The summed E-state index contributed by atoms with van der Waals surface area (Å²) in [6, 6.07) is 82.7. The Balaban J connectivity index is 0.988. The molecule has 10 aromatic carbocycles. The summed E-state index contributed by atoms with van der Waals surface area (Å²) in [6.07, 6.45) is 0. The third-order valence-corrected chi connectivity index (χ3v) is 17.0. The van der Waals surface area contributed by atoms with Crippen molar-refractivity contribution in [3.05, 3.63) is 237 Å². The summed E-state index contributed by atoms with van der Waals surface area (Å²) in [7, 11) is -3.39. The molecule has 4 heterocycles. The van der Waals surface area contributed by atoms with Gasteiger partial charge in [0.15, 0.2) is 7.14 Å². The van der Waals surface area contributed by atoms with Crippen LogP contribution in [-0.4, -0.2) is 6.71 Å². The molecule has 8 heteroatoms. The van der Waals surface area contributed by atoms with Gasteiger partial charge in [-0.3, -0.25) is 0 Å². The maximum absolute atomic E-state index is 15.9. The van der Waals surface area contributed by atoms with Crippen LogP contribution >= 0.6 is 7.14 Å². The molecular formula is C60H39BN3O3P. The molecule has 4 aliphatic heterocycles. The molecule has 0 bridgehead atoms. The summed E-state index contributed by atoms with van der Waals surface area (Å²) in [6.45, 7) is 0.000696. The van der Waals surface area contributed by atoms with E-state index in [2.05, 4.69) is 203 Å². The fraction of sp³-hybridized carbons (Fsp3) is 0. The van der Waals surface area contributed by atoms with E-state index in [4.69, 9.17) is 9.47 Å². The van der Waals surface area contributed by atoms with Gasteiger partial charge < -0.3 is 28.7 Å². The zero-order valence-electron chi connectivity index (χ0n) is 36.6. The molecule has 1 atom stereocenters. The van der Waals surface area contributed by atoms with E-state index in [-0.39, 0.29) is 6.71 Å². The van der Waals surface area contributed by atoms with E-state index in [0.717, 1.165) is 62.3 Å². The highest BCUT2D eigenvalue weighted by atomic mass is 31.2. The molecule has 0 aromatic heterocycles. The molecule has 0 fully saturated rings. The van der Waals surface area contributed by atoms with Crippen LogP contribution in [0, 0.1) is 0 Å². The Morgan fingerprint density at radius 1 is 0.382 bits per heavy atom. The third kappa shape index (κ3) is 5.70. The second-order valence-corrected chi connectivity index (χ2v) is 20.2. The van der Waals surface area contributed by atoms with Crippen LogP contribution in [0.25, 0.3) is 11.1 Å². The molecule has 6 nitrogen and oxygen atoms in total. The Bertz CT molecular complexity index is 3590. The molecule has 0 amide bonds. The SMILES string of the molecule is O=P12c3ccccc3Oc3cccc(c31)Oc1ccc(-c3cccc(N(c4ccccc4)c4cc5c6c(c4)N(c4ccccc4)c4ccccc4B6c4ccccc4N5c4ccccc4)c3)cc12. The van der Waals surface area contributed by atoms with E-state index in [1.54, 1.807) is 0 Å². The average molecular weight is 892 g/mol. The van der Waals surface area contributed by atoms with Gasteiger partial charge in [-0.25, -0.2) is 0 Å². The number of hydrogen-bond donors (Lipinski definition) is 0. The van der Waals surface area contributed by atoms with Crippen LogP contribution in [0.4, 0.5) is 51.2 Å². The smallest absolute Gasteiger partial charge is 0.252 e. The van der Waals surface area contributed by atoms with E-state index in [0.29, 0.717) is 38.9 Å². The van der Waals surface area contributed by atoms with Crippen molar-refractivity contribution in [3.63, 3.8) is 0 Å². The number of benzene rings is 10. The van der Waals surface area contributed by atoms with Crippen LogP contribution < -0.4 is 56.5 Å². The minimum absolute atomic E-state index is 0.000696. The van der Waals surface area contributed by atoms with Crippen molar-refractivity contribution in [2.75, 3.05) is 14.7 Å². The number of hydrogen-bond acceptors (Lipinski definition) is 6. The van der Waals surface area contributed by atoms with E-state index in [9.17, 15) is 0 Å². The molecule has 0 aliphatic carbocycles. The van der Waals surface area contributed by atoms with Crippen LogP contribution in [0.1, 0.15) is 0 Å². The summed E-state index contributed by atoms with van der Waals surface area (Å²) in [5.41, 5.74) is 15.5. The van der Waals surface area contributed by atoms with Crippen molar-refractivity contribution in [2.24, 2.45) is 0 Å². The van der Waals surface area contributed by atoms with Crippen LogP contribution in [0.15, 0.2) is 237 Å². The highest BCUT2D eigenvalue weighted by Crippen LogP contribution is 2.58. The molecule has 68 heavy (non-hydrogen) atoms. The normalized spacial score (nSPS) is 15.3. The van der Waals surface area contributed by atoms with Crippen molar-refractivity contribution in [3.8, 4) is 34.1 Å². The van der Waals surface area contributed by atoms with E-state index < -0.39 is 7.14 Å². The molecular weight excluding hydrogens is 852 g/mol. The second kappa shape index (κ2) is 15.0. The Hall–Kier alpha value is -8.51. The lowest BCUT2D eigenvalue weighted by atomic mass is 9.33. The summed E-state index contributed by atoms with van der Waals surface area (Å²) >= 11 is 0. The first-order valence-corrected chi connectivity index (χ1v) is 24.7. The number of fused-ring (bicyclic) bond motifs is 8. The van der Waals surface area contributed by atoms with Crippen molar-refractivity contribution in [2.45, 2.75) is 0 Å². The number of para-hydroxylation sites is 6. The summed E-state index contributed by atoms with van der Waals surface area (Å²) in [4.78, 5) is 7.25. The maximum atomic E-state index is 15.9. The largest absolute Gasteiger partial charge is 0.456 e. The fourth-order valence-electron chi connectivity index (χ4n) is 11.0. The van der Waals surface area contributed by atoms with Gasteiger partial charge in [-0.1, -0.05) is 127 Å². The lowest BCUT2D eigenvalue weighted by Gasteiger charge is -2.45. The molecule has 0 saturated heterocycles. The number of anilines is 9. The van der Waals surface area contributed by atoms with Gasteiger partial charge in [0.25, 0.3) is 6.71 Å². The third-order valence-electron chi connectivity index (χ3n) is 13.8. The number of nitrogens with zero attached hydrogens (tertiary/aromatic N) is 3. The molecule has 14 rings (SSSR count). The van der Waals surface area contributed by atoms with Gasteiger partial charge in [-0.05, 0) is 137 Å². The lowest BCUT2D eigenvalue weighted by molar-refractivity contribution is 0.461. The van der Waals surface area contributed by atoms with Crippen LogP contribution in [0.2, 0.25) is 0 Å². The standard InChI is InChI=1S/C60H39BN3O3P/c65-68-57-33-15-14-30-53(57)66-55-31-17-32-56(60(55)68)67-54-35-34-41(37-58(54)68)40-18-16-25-45(36-40)62(42-19-4-1-5-20-42)46-38-51-59-52(39-46)64(44-23-8-3-9-24-44)50-29-13-11-27-48(50)61(59)47-26-10-12-28-49(47)63(51)43-21-6-2-7-22-43/h1-39H. The molecule has 0 N–H and O–H groups in total. The zero-order chi connectivity index (χ0) is 44.9. The van der Waals surface area contributed by atoms with E-state index >= 15 is 4.57 Å². The predicted molar refractivity (Wildman–Crippen MR) is 280 cm³/mol. The van der Waals surface area contributed by atoms with Gasteiger partial charge >= 0.3 is 0 Å². The Morgan fingerprint density at radius 3 is 1.53 bits per heavy atom. The molecule has 1 unspecified atom stereocenters. The van der Waals surface area contributed by atoms with Gasteiger partial charge in [-0.2, -0.15) is 0 Å². The molecule has 0 spiro atoms. The first-order chi connectivity index (χ1) is 33.6. The molecule has 0 saturated carbocycles. The highest BCUT2D eigenvalue weighted by molar-refractivity contribution is 7.86. The highest BCUT2D eigenvalue weighted by Gasteiger charge is 2.47. The van der Waals surface area contributed by atoms with Gasteiger partial charge in [0.1, 0.15) is 28.3 Å². The fourth-order valence-corrected chi connectivity index (χ4v) is 14.1. The van der Waals surface area contributed by atoms with Crippen molar-refractivity contribution in [1.82, 2.24) is 0 Å². The summed E-state index contributed by atoms with van der Waals surface area (Å²) in [5, 5.41) is 1.97. The van der Waals surface area contributed by atoms with Crippen LogP contribution in [-0.2, 0) is 4.57 Å². The van der Waals surface area contributed by atoms with Crippen molar-refractivity contribution in [1.29, 1.82) is 0 Å². The monoisotopic (exact) mass is 891 g/mol. The maximum Gasteiger partial charge on any atom is 0.252 e. The van der Waals surface area contributed by atoms with Crippen LogP contribution in [0.3, 0.4) is 0 Å². The van der Waals surface area contributed by atoms with Crippen LogP contribution in [0.5, 0.6) is 23.0 Å². The average Bonchev–Trinajstić information content (AvgIpc) is 3.39. The van der Waals surface area contributed by atoms with Gasteiger partial charge in [0.2, 0.25) is 0 Å². The van der Waals surface area contributed by atoms with Crippen molar-refractivity contribution >= 4 is 97.3 Å². The number of ether oxygens (including phenoxy) is 2. The molecule has 10 aromatic rings. The predicted octanol–water partition coefficient (Wildman–Crippen LogP) is 12.8. The number of rotatable bonds is 6. The molecule has 320 valence electrons. The summed E-state index contributed by atoms with van der Waals surface area (Å²) in [5.74, 6) is 2.34. The van der Waals surface area contributed by atoms with E-state index in [1.165, 1.54) is 16.4 Å². The first kappa shape index (κ1) is 38.7. The Kier molecular flexibility index (Phi) is 8.55. The topological polar surface area (TPSA) is 45.3 Å². The van der Waals surface area contributed by atoms with E-state index in [1.807, 2.05) is 48.5 Å². The molecule has 0 radical (unpaired) electrons.